The van der Waals surface area contributed by atoms with Crippen molar-refractivity contribution in [1.29, 1.82) is 0 Å². The van der Waals surface area contributed by atoms with Gasteiger partial charge in [-0.3, -0.25) is 0 Å². The minimum absolute atomic E-state index is 0.0517. The number of carbonyl (C=O) groups excluding carboxylic acids is 1. The van der Waals surface area contributed by atoms with E-state index < -0.39 is 30.6 Å². The maximum Gasteiger partial charge on any atom is 0.333 e. The molecule has 198 valence electrons. The van der Waals surface area contributed by atoms with Gasteiger partial charge in [-0.05, 0) is 43.2 Å². The first-order valence-electron chi connectivity index (χ1n) is 11.7. The second kappa shape index (κ2) is 14.4. The van der Waals surface area contributed by atoms with Crippen LogP contribution in [0.2, 0.25) is 0 Å². The highest BCUT2D eigenvalue weighted by molar-refractivity contribution is 5.90. The molecule has 0 saturated heterocycles. The summed E-state index contributed by atoms with van der Waals surface area (Å²) in [5.41, 5.74) is 2.32. The Hall–Kier alpha value is -3.24. The van der Waals surface area contributed by atoms with Crippen molar-refractivity contribution in [3.63, 3.8) is 0 Å². The predicted molar refractivity (Wildman–Crippen MR) is 132 cm³/mol. The zero-order chi connectivity index (χ0) is 26.6. The number of amides is 2. The summed E-state index contributed by atoms with van der Waals surface area (Å²) in [4.78, 5) is 25.6. The molecule has 0 radical (unpaired) electrons. The molecule has 0 aromatic heterocycles. The number of para-hydroxylation sites is 1. The summed E-state index contributed by atoms with van der Waals surface area (Å²) >= 11 is 0. The molecule has 2 N–H and O–H groups in total. The Labute approximate surface area is 210 Å². The highest BCUT2D eigenvalue weighted by Crippen LogP contribution is 2.16. The first-order valence-corrected chi connectivity index (χ1v) is 11.7. The Bertz CT molecular complexity index is 966. The third-order valence-corrected chi connectivity index (χ3v) is 5.15. The van der Waals surface area contributed by atoms with Gasteiger partial charge in [0, 0.05) is 32.2 Å². The molecule has 0 fully saturated rings. The molecule has 8 nitrogen and oxygen atoms in total. The van der Waals surface area contributed by atoms with Gasteiger partial charge >= 0.3 is 12.0 Å². The van der Waals surface area contributed by atoms with Gasteiger partial charge in [-0.1, -0.05) is 30.3 Å². The van der Waals surface area contributed by atoms with E-state index >= 15 is 0 Å². The van der Waals surface area contributed by atoms with Gasteiger partial charge in [0.2, 0.25) is 0 Å². The van der Waals surface area contributed by atoms with Crippen LogP contribution in [0.3, 0.4) is 0 Å². The zero-order valence-corrected chi connectivity index (χ0v) is 20.8. The van der Waals surface area contributed by atoms with Crippen LogP contribution >= 0.6 is 0 Å². The Kier molecular flexibility index (Phi) is 11.6. The number of ether oxygens (including phenoxy) is 3. The Balaban J connectivity index is 1.93. The number of carbonyl (C=O) groups is 2. The van der Waals surface area contributed by atoms with E-state index in [-0.39, 0.29) is 32.7 Å². The van der Waals surface area contributed by atoms with Crippen molar-refractivity contribution in [3.05, 3.63) is 59.7 Å². The number of nitrogens with one attached hydrogen (secondary N) is 1. The normalized spacial score (nSPS) is 12.1. The van der Waals surface area contributed by atoms with E-state index in [1.807, 2.05) is 19.1 Å². The molecule has 10 heteroatoms. The lowest BCUT2D eigenvalue weighted by molar-refractivity contribution is -0.149. The highest BCUT2D eigenvalue weighted by atomic mass is 19.3. The summed E-state index contributed by atoms with van der Waals surface area (Å²) in [6, 6.07) is 13.8. The molecule has 0 aliphatic heterocycles. The number of rotatable bonds is 15. The average Bonchev–Trinajstić information content (AvgIpc) is 2.82. The van der Waals surface area contributed by atoms with Crippen LogP contribution in [0.25, 0.3) is 0 Å². The molecule has 1 unspecified atom stereocenters. The number of hydrogen-bond acceptors (Lipinski definition) is 5. The van der Waals surface area contributed by atoms with Crippen molar-refractivity contribution in [1.82, 2.24) is 4.90 Å². The van der Waals surface area contributed by atoms with E-state index in [1.54, 1.807) is 43.3 Å². The fourth-order valence-electron chi connectivity index (χ4n) is 3.28. The summed E-state index contributed by atoms with van der Waals surface area (Å²) in [6.07, 6.45) is -0.690. The summed E-state index contributed by atoms with van der Waals surface area (Å²) in [7, 11) is 0. The third kappa shape index (κ3) is 10.6. The monoisotopic (exact) mass is 508 g/mol. The molecule has 0 aliphatic rings. The largest absolute Gasteiger partial charge is 0.492 e. The fourth-order valence-corrected chi connectivity index (χ4v) is 3.28. The van der Waals surface area contributed by atoms with Gasteiger partial charge in [-0.25, -0.2) is 18.4 Å². The number of anilines is 1. The van der Waals surface area contributed by atoms with Crippen molar-refractivity contribution >= 4 is 17.7 Å². The standard InChI is InChI=1S/C26H34F2N2O6/c1-4-35-23(24(31)32)17-20-9-11-21(12-10-20)36-16-14-30(13-15-34-18-26(3,27)28)25(33)29-22-8-6-5-7-19(22)2/h5-12,23H,4,13-18H2,1-3H3,(H,29,33)(H,31,32). The lowest BCUT2D eigenvalue weighted by Gasteiger charge is -2.24. The van der Waals surface area contributed by atoms with E-state index in [9.17, 15) is 23.5 Å². The van der Waals surface area contributed by atoms with Crippen molar-refractivity contribution < 1.29 is 37.7 Å². The minimum Gasteiger partial charge on any atom is -0.492 e. The van der Waals surface area contributed by atoms with Gasteiger partial charge in [0.1, 0.15) is 19.0 Å². The second-order valence-corrected chi connectivity index (χ2v) is 8.33. The van der Waals surface area contributed by atoms with Gasteiger partial charge < -0.3 is 29.5 Å². The lowest BCUT2D eigenvalue weighted by Crippen LogP contribution is -2.40. The van der Waals surface area contributed by atoms with Crippen molar-refractivity contribution in [2.75, 3.05) is 44.8 Å². The molecule has 0 spiro atoms. The third-order valence-electron chi connectivity index (χ3n) is 5.15. The molecular weight excluding hydrogens is 474 g/mol. The lowest BCUT2D eigenvalue weighted by atomic mass is 10.1. The smallest absolute Gasteiger partial charge is 0.333 e. The molecule has 0 heterocycles. The Morgan fingerprint density at radius 2 is 1.75 bits per heavy atom. The van der Waals surface area contributed by atoms with Crippen LogP contribution in [0.1, 0.15) is 25.0 Å². The van der Waals surface area contributed by atoms with Gasteiger partial charge in [0.15, 0.2) is 6.10 Å². The van der Waals surface area contributed by atoms with Crippen LogP contribution in [0.5, 0.6) is 5.75 Å². The molecule has 0 saturated carbocycles. The Morgan fingerprint density at radius 3 is 2.36 bits per heavy atom. The van der Waals surface area contributed by atoms with E-state index in [1.165, 1.54) is 4.90 Å². The van der Waals surface area contributed by atoms with Crippen LogP contribution in [0, 0.1) is 6.92 Å². The topological polar surface area (TPSA) is 97.3 Å². The van der Waals surface area contributed by atoms with Gasteiger partial charge in [-0.2, -0.15) is 0 Å². The maximum atomic E-state index is 13.0. The zero-order valence-electron chi connectivity index (χ0n) is 20.8. The summed E-state index contributed by atoms with van der Waals surface area (Å²) < 4.78 is 42.1. The number of nitrogens with zero attached hydrogens (tertiary/aromatic N) is 1. The van der Waals surface area contributed by atoms with Crippen LogP contribution in [0.4, 0.5) is 19.3 Å². The van der Waals surface area contributed by atoms with E-state index in [2.05, 4.69) is 5.32 Å². The van der Waals surface area contributed by atoms with E-state index in [0.29, 0.717) is 18.0 Å². The number of urea groups is 1. The fraction of sp³-hybridized carbons (Fsp3) is 0.462. The summed E-state index contributed by atoms with van der Waals surface area (Å²) in [5, 5.41) is 12.1. The number of aryl methyl sites for hydroxylation is 1. The maximum absolute atomic E-state index is 13.0. The first kappa shape index (κ1) is 29.0. The number of benzene rings is 2. The second-order valence-electron chi connectivity index (χ2n) is 8.33. The van der Waals surface area contributed by atoms with Crippen LogP contribution in [0.15, 0.2) is 48.5 Å². The number of alkyl halides is 2. The number of carboxylic acid groups (broad SMARTS) is 1. The van der Waals surface area contributed by atoms with Gasteiger partial charge in [0.25, 0.3) is 5.92 Å². The highest BCUT2D eigenvalue weighted by Gasteiger charge is 2.22. The van der Waals surface area contributed by atoms with Gasteiger partial charge in [0.05, 0.1) is 13.2 Å². The van der Waals surface area contributed by atoms with Crippen LogP contribution < -0.4 is 10.1 Å². The van der Waals surface area contributed by atoms with Crippen LogP contribution in [-0.4, -0.2) is 73.6 Å². The average molecular weight is 509 g/mol. The predicted octanol–water partition coefficient (Wildman–Crippen LogP) is 4.61. The molecule has 2 aromatic carbocycles. The minimum atomic E-state index is -2.95. The molecule has 1 atom stereocenters. The molecule has 0 bridgehead atoms. The van der Waals surface area contributed by atoms with Gasteiger partial charge in [-0.15, -0.1) is 0 Å². The van der Waals surface area contributed by atoms with Crippen molar-refractivity contribution in [3.8, 4) is 5.75 Å². The number of aliphatic carboxylic acids is 1. The molecule has 2 aromatic rings. The Morgan fingerprint density at radius 1 is 1.08 bits per heavy atom. The molecular formula is C26H34F2N2O6. The number of hydrogen-bond donors (Lipinski definition) is 2. The molecule has 2 rings (SSSR count). The first-order chi connectivity index (χ1) is 17.1. The summed E-state index contributed by atoms with van der Waals surface area (Å²) in [5.74, 6) is -3.42. The molecule has 0 aliphatic carbocycles. The van der Waals surface area contributed by atoms with Crippen LogP contribution in [-0.2, 0) is 20.7 Å². The molecule has 2 amide bonds. The summed E-state index contributed by atoms with van der Waals surface area (Å²) in [6.45, 7) is 4.35. The number of carboxylic acids is 1. The van der Waals surface area contributed by atoms with Crippen molar-refractivity contribution in [2.24, 2.45) is 0 Å². The SMILES string of the molecule is CCOC(Cc1ccc(OCCN(CCOCC(C)(F)F)C(=O)Nc2ccccc2C)cc1)C(=O)O. The van der Waals surface area contributed by atoms with Crippen molar-refractivity contribution in [2.45, 2.75) is 39.2 Å². The van der Waals surface area contributed by atoms with E-state index in [4.69, 9.17) is 14.2 Å². The molecule has 36 heavy (non-hydrogen) atoms. The quantitative estimate of drug-likeness (QED) is 0.341. The number of halogens is 2. The van der Waals surface area contributed by atoms with E-state index in [0.717, 1.165) is 18.1 Å².